The molecule has 0 aliphatic rings. The molecule has 19 heavy (non-hydrogen) atoms. The van der Waals surface area contributed by atoms with E-state index < -0.39 is 0 Å². The highest BCUT2D eigenvalue weighted by atomic mass is 35.5. The lowest BCUT2D eigenvalue weighted by atomic mass is 10.1. The van der Waals surface area contributed by atoms with Crippen molar-refractivity contribution in [2.45, 2.75) is 6.92 Å². The van der Waals surface area contributed by atoms with Gasteiger partial charge >= 0.3 is 0 Å². The van der Waals surface area contributed by atoms with Crippen molar-refractivity contribution in [3.63, 3.8) is 0 Å². The quantitative estimate of drug-likeness (QED) is 0.611. The summed E-state index contributed by atoms with van der Waals surface area (Å²) in [6, 6.07) is 16.2. The first-order chi connectivity index (χ1) is 9.22. The third-order valence-electron chi connectivity index (χ3n) is 2.92. The summed E-state index contributed by atoms with van der Waals surface area (Å²) in [5.74, 6) is 0. The van der Waals surface area contributed by atoms with E-state index in [0.29, 0.717) is 0 Å². The first-order valence-corrected chi connectivity index (χ1v) is 7.27. The molecular formula is C16H12ClNS. The summed E-state index contributed by atoms with van der Waals surface area (Å²) < 4.78 is 0. The number of nitrogens with zero attached hydrogens (tertiary/aromatic N) is 1. The molecule has 0 N–H and O–H groups in total. The molecule has 0 amide bonds. The van der Waals surface area contributed by atoms with Crippen LogP contribution in [0, 0.1) is 6.92 Å². The second kappa shape index (κ2) is 5.16. The topological polar surface area (TPSA) is 12.9 Å². The second-order valence-electron chi connectivity index (χ2n) is 4.41. The number of rotatable bonds is 2. The summed E-state index contributed by atoms with van der Waals surface area (Å²) >= 11 is 7.67. The summed E-state index contributed by atoms with van der Waals surface area (Å²) in [7, 11) is 0. The fourth-order valence-electron chi connectivity index (χ4n) is 1.88. The number of aromatic nitrogens is 1. The average molecular weight is 286 g/mol. The van der Waals surface area contributed by atoms with Gasteiger partial charge in [0.2, 0.25) is 0 Å². The Morgan fingerprint density at radius 1 is 1.00 bits per heavy atom. The normalized spacial score (nSPS) is 10.6. The van der Waals surface area contributed by atoms with Gasteiger partial charge in [-0.25, -0.2) is 4.98 Å². The average Bonchev–Trinajstić information content (AvgIpc) is 2.89. The molecule has 1 aromatic heterocycles. The van der Waals surface area contributed by atoms with Crippen LogP contribution in [-0.2, 0) is 0 Å². The van der Waals surface area contributed by atoms with Crippen molar-refractivity contribution < 1.29 is 0 Å². The molecule has 0 fully saturated rings. The maximum absolute atomic E-state index is 6.01. The molecule has 94 valence electrons. The van der Waals surface area contributed by atoms with E-state index in [2.05, 4.69) is 41.6 Å². The first kappa shape index (κ1) is 12.4. The lowest BCUT2D eigenvalue weighted by molar-refractivity contribution is 1.39. The molecule has 0 atom stereocenters. The van der Waals surface area contributed by atoms with Crippen LogP contribution in [0.4, 0.5) is 0 Å². The van der Waals surface area contributed by atoms with Crippen molar-refractivity contribution in [1.82, 2.24) is 4.98 Å². The molecule has 3 rings (SSSR count). The zero-order valence-electron chi connectivity index (χ0n) is 10.4. The van der Waals surface area contributed by atoms with Gasteiger partial charge in [-0.2, -0.15) is 0 Å². The smallest absolute Gasteiger partial charge is 0.124 e. The Hall–Kier alpha value is -1.64. The number of benzene rings is 2. The van der Waals surface area contributed by atoms with Crippen LogP contribution >= 0.6 is 22.9 Å². The van der Waals surface area contributed by atoms with E-state index in [1.54, 1.807) is 11.3 Å². The minimum atomic E-state index is 0.738. The minimum absolute atomic E-state index is 0.738. The number of aryl methyl sites for hydroxylation is 1. The molecule has 0 unspecified atom stereocenters. The van der Waals surface area contributed by atoms with Crippen molar-refractivity contribution in [3.05, 3.63) is 64.5 Å². The van der Waals surface area contributed by atoms with Crippen molar-refractivity contribution in [1.29, 1.82) is 0 Å². The maximum Gasteiger partial charge on any atom is 0.124 e. The predicted molar refractivity (Wildman–Crippen MR) is 82.7 cm³/mol. The summed E-state index contributed by atoms with van der Waals surface area (Å²) in [5, 5.41) is 3.85. The molecule has 0 aliphatic heterocycles. The largest absolute Gasteiger partial charge is 0.236 e. The molecule has 0 spiro atoms. The second-order valence-corrected chi connectivity index (χ2v) is 5.71. The molecule has 0 bridgehead atoms. The van der Waals surface area contributed by atoms with Gasteiger partial charge in [0.05, 0.1) is 5.69 Å². The van der Waals surface area contributed by atoms with Gasteiger partial charge in [-0.05, 0) is 19.1 Å². The Kier molecular flexibility index (Phi) is 3.36. The van der Waals surface area contributed by atoms with Crippen LogP contribution in [-0.4, -0.2) is 4.98 Å². The lowest BCUT2D eigenvalue weighted by Crippen LogP contribution is -1.80. The van der Waals surface area contributed by atoms with E-state index in [1.807, 2.05) is 24.3 Å². The molecule has 0 aliphatic carbocycles. The number of hydrogen-bond acceptors (Lipinski definition) is 2. The van der Waals surface area contributed by atoms with Crippen molar-refractivity contribution in [3.8, 4) is 21.8 Å². The van der Waals surface area contributed by atoms with E-state index in [4.69, 9.17) is 11.6 Å². The predicted octanol–water partition coefficient (Wildman–Crippen LogP) is 5.44. The first-order valence-electron chi connectivity index (χ1n) is 6.01. The van der Waals surface area contributed by atoms with Crippen molar-refractivity contribution in [2.75, 3.05) is 0 Å². The van der Waals surface area contributed by atoms with Crippen LogP contribution in [0.15, 0.2) is 53.9 Å². The molecule has 0 saturated carbocycles. The fourth-order valence-corrected chi connectivity index (χ4v) is 2.91. The van der Waals surface area contributed by atoms with Gasteiger partial charge in [0.1, 0.15) is 5.01 Å². The van der Waals surface area contributed by atoms with Gasteiger partial charge in [-0.1, -0.05) is 53.6 Å². The summed E-state index contributed by atoms with van der Waals surface area (Å²) in [5.41, 5.74) is 4.45. The van der Waals surface area contributed by atoms with Crippen molar-refractivity contribution in [2.24, 2.45) is 0 Å². The number of thiazole rings is 1. The fraction of sp³-hybridized carbons (Fsp3) is 0.0625. The van der Waals surface area contributed by atoms with Gasteiger partial charge < -0.3 is 0 Å². The van der Waals surface area contributed by atoms with Gasteiger partial charge in [0, 0.05) is 21.5 Å². The third kappa shape index (κ3) is 2.70. The van der Waals surface area contributed by atoms with E-state index in [0.717, 1.165) is 26.9 Å². The summed E-state index contributed by atoms with van der Waals surface area (Å²) in [4.78, 5) is 4.68. The van der Waals surface area contributed by atoms with Gasteiger partial charge in [-0.3, -0.25) is 0 Å². The molecule has 3 heteroatoms. The minimum Gasteiger partial charge on any atom is -0.236 e. The molecule has 2 aromatic carbocycles. The maximum atomic E-state index is 6.01. The summed E-state index contributed by atoms with van der Waals surface area (Å²) in [6.07, 6.45) is 0. The van der Waals surface area contributed by atoms with Crippen LogP contribution < -0.4 is 0 Å². The monoisotopic (exact) mass is 285 g/mol. The van der Waals surface area contributed by atoms with Crippen LogP contribution in [0.2, 0.25) is 5.02 Å². The van der Waals surface area contributed by atoms with E-state index in [1.165, 1.54) is 5.56 Å². The Labute approximate surface area is 121 Å². The lowest BCUT2D eigenvalue weighted by Gasteiger charge is -1.98. The Morgan fingerprint density at radius 2 is 1.79 bits per heavy atom. The standard InChI is InChI=1S/C16H12ClNS/c1-11-5-7-12(8-6-11)16-18-15(10-19-16)13-3-2-4-14(17)9-13/h2-10H,1H3. The Balaban J connectivity index is 1.97. The highest BCUT2D eigenvalue weighted by molar-refractivity contribution is 7.13. The third-order valence-corrected chi connectivity index (χ3v) is 4.05. The van der Waals surface area contributed by atoms with Crippen LogP contribution in [0.5, 0.6) is 0 Å². The van der Waals surface area contributed by atoms with E-state index >= 15 is 0 Å². The summed E-state index contributed by atoms with van der Waals surface area (Å²) in [6.45, 7) is 2.09. The zero-order chi connectivity index (χ0) is 13.2. The molecule has 0 radical (unpaired) electrons. The Bertz CT molecular complexity index is 701. The molecule has 1 heterocycles. The zero-order valence-corrected chi connectivity index (χ0v) is 12.0. The number of halogens is 1. The molecular weight excluding hydrogens is 274 g/mol. The van der Waals surface area contributed by atoms with Crippen molar-refractivity contribution >= 4 is 22.9 Å². The SMILES string of the molecule is Cc1ccc(-c2nc(-c3cccc(Cl)c3)cs2)cc1. The molecule has 3 aromatic rings. The van der Waals surface area contributed by atoms with Crippen LogP contribution in [0.25, 0.3) is 21.8 Å². The number of hydrogen-bond donors (Lipinski definition) is 0. The van der Waals surface area contributed by atoms with Gasteiger partial charge in [-0.15, -0.1) is 11.3 Å². The molecule has 1 nitrogen and oxygen atoms in total. The van der Waals surface area contributed by atoms with Gasteiger partial charge in [0.25, 0.3) is 0 Å². The van der Waals surface area contributed by atoms with Gasteiger partial charge in [0.15, 0.2) is 0 Å². The Morgan fingerprint density at radius 3 is 2.53 bits per heavy atom. The highest BCUT2D eigenvalue weighted by Crippen LogP contribution is 2.29. The van der Waals surface area contributed by atoms with E-state index in [9.17, 15) is 0 Å². The van der Waals surface area contributed by atoms with Crippen LogP contribution in [0.1, 0.15) is 5.56 Å². The van der Waals surface area contributed by atoms with E-state index in [-0.39, 0.29) is 0 Å². The molecule has 0 saturated heterocycles. The van der Waals surface area contributed by atoms with Crippen LogP contribution in [0.3, 0.4) is 0 Å². The highest BCUT2D eigenvalue weighted by Gasteiger charge is 2.06.